The van der Waals surface area contributed by atoms with E-state index in [1.165, 1.54) is 0 Å². The molecule has 8 nitrogen and oxygen atoms in total. The highest BCUT2D eigenvalue weighted by Gasteiger charge is 2.24. The molecule has 0 unspecified atom stereocenters. The first kappa shape index (κ1) is 20.5. The van der Waals surface area contributed by atoms with Crippen LogP contribution in [-0.4, -0.2) is 50.6 Å². The molecule has 0 saturated carbocycles. The topological polar surface area (TPSA) is 129 Å². The van der Waals surface area contributed by atoms with E-state index in [0.29, 0.717) is 25.9 Å². The van der Waals surface area contributed by atoms with E-state index in [9.17, 15) is 9.59 Å². The van der Waals surface area contributed by atoms with Crippen LogP contribution in [0.25, 0.3) is 0 Å². The maximum absolute atomic E-state index is 11.3. The Morgan fingerprint density at radius 3 is 1.68 bits per heavy atom. The molecule has 6 N–H and O–H groups in total. The fourth-order valence-corrected chi connectivity index (χ4v) is 1.58. The van der Waals surface area contributed by atoms with Gasteiger partial charge in [0.05, 0.1) is 13.2 Å². The molecule has 0 saturated heterocycles. The zero-order valence-electron chi connectivity index (χ0n) is 13.7. The molecule has 0 fully saturated rings. The number of hydrogen-bond donors (Lipinski definition) is 4. The molecule has 0 spiro atoms. The first-order valence-corrected chi connectivity index (χ1v) is 7.77. The normalized spacial score (nSPS) is 10.9. The third-order valence-electron chi connectivity index (χ3n) is 3.11. The number of rotatable bonds is 11. The van der Waals surface area contributed by atoms with E-state index >= 15 is 0 Å². The number of hydrogen-bond acceptors (Lipinski definition) is 6. The third kappa shape index (κ3) is 10.2. The van der Waals surface area contributed by atoms with Gasteiger partial charge in [-0.2, -0.15) is 0 Å². The maximum atomic E-state index is 11.3. The number of nitrogens with two attached hydrogens (primary N) is 2. The van der Waals surface area contributed by atoms with Crippen molar-refractivity contribution in [3.8, 4) is 0 Å². The minimum atomic E-state index is -0.726. The van der Waals surface area contributed by atoms with Gasteiger partial charge in [-0.15, -0.1) is 0 Å². The highest BCUT2D eigenvalue weighted by atomic mass is 16.6. The van der Waals surface area contributed by atoms with Crippen LogP contribution in [0.1, 0.15) is 39.5 Å². The van der Waals surface area contributed by atoms with Gasteiger partial charge in [0, 0.05) is 38.0 Å². The van der Waals surface area contributed by atoms with Gasteiger partial charge in [0.1, 0.15) is 0 Å². The van der Waals surface area contributed by atoms with Crippen LogP contribution in [0.3, 0.4) is 0 Å². The summed E-state index contributed by atoms with van der Waals surface area (Å²) in [6.07, 6.45) is 1.57. The number of nitrogens with one attached hydrogen (secondary N) is 2. The van der Waals surface area contributed by atoms with Crippen molar-refractivity contribution in [2.24, 2.45) is 11.5 Å². The molecule has 0 atom stereocenters. The first-order chi connectivity index (χ1) is 10.5. The highest BCUT2D eigenvalue weighted by Crippen LogP contribution is 2.11. The summed E-state index contributed by atoms with van der Waals surface area (Å²) in [5.74, 6) is 0. The van der Waals surface area contributed by atoms with Crippen LogP contribution in [0.5, 0.6) is 0 Å². The summed E-state index contributed by atoms with van der Waals surface area (Å²) < 4.78 is 10.0. The molecule has 0 heterocycles. The van der Waals surface area contributed by atoms with E-state index in [0.717, 1.165) is 12.8 Å². The predicted octanol–water partition coefficient (Wildman–Crippen LogP) is 0.695. The number of amides is 2. The molecule has 2 amide bonds. The van der Waals surface area contributed by atoms with Gasteiger partial charge in [-0.05, 0) is 12.8 Å². The van der Waals surface area contributed by atoms with Gasteiger partial charge in [0.2, 0.25) is 0 Å². The third-order valence-corrected chi connectivity index (χ3v) is 3.11. The van der Waals surface area contributed by atoms with Crippen LogP contribution < -0.4 is 22.1 Å². The van der Waals surface area contributed by atoms with Crippen molar-refractivity contribution in [1.29, 1.82) is 0 Å². The number of ether oxygens (including phenoxy) is 2. The zero-order chi connectivity index (χ0) is 16.8. The Hall–Kier alpha value is -1.54. The molecular weight excluding hydrogens is 288 g/mol. The smallest absolute Gasteiger partial charge is 0.407 e. The largest absolute Gasteiger partial charge is 0.449 e. The lowest BCUT2D eigenvalue weighted by atomic mass is 9.93. The van der Waals surface area contributed by atoms with E-state index in [1.807, 2.05) is 13.8 Å². The molecule has 22 heavy (non-hydrogen) atoms. The molecule has 8 heteroatoms. The number of carbonyl (C=O) groups excluding carboxylic acids is 2. The SMILES string of the molecule is CCCNC(=O)OCCC(N)(CN)CCOC(=O)NCCC. The van der Waals surface area contributed by atoms with Gasteiger partial charge in [0.15, 0.2) is 0 Å². The Balaban J connectivity index is 3.93. The van der Waals surface area contributed by atoms with Gasteiger partial charge < -0.3 is 31.6 Å². The molecule has 0 aliphatic rings. The summed E-state index contributed by atoms with van der Waals surface area (Å²) in [6, 6.07) is 0. The summed E-state index contributed by atoms with van der Waals surface area (Å²) in [5, 5.41) is 5.21. The minimum Gasteiger partial charge on any atom is -0.449 e. The maximum Gasteiger partial charge on any atom is 0.407 e. The van der Waals surface area contributed by atoms with Gasteiger partial charge in [-0.3, -0.25) is 0 Å². The standard InChI is InChI=1S/C14H30N4O4/c1-3-7-17-12(19)21-9-5-14(16,11-15)6-10-22-13(20)18-8-4-2/h3-11,15-16H2,1-2H3,(H,17,19)(H,18,20). The van der Waals surface area contributed by atoms with E-state index in [-0.39, 0.29) is 19.8 Å². The van der Waals surface area contributed by atoms with Crippen molar-refractivity contribution in [2.45, 2.75) is 45.1 Å². The molecule has 0 bridgehead atoms. The molecule has 0 rings (SSSR count). The molecule has 0 aromatic rings. The summed E-state index contributed by atoms with van der Waals surface area (Å²) in [4.78, 5) is 22.6. The number of carbonyl (C=O) groups is 2. The Labute approximate surface area is 132 Å². The zero-order valence-corrected chi connectivity index (χ0v) is 13.7. The van der Waals surface area contributed by atoms with Crippen LogP contribution in [0, 0.1) is 0 Å². The van der Waals surface area contributed by atoms with Gasteiger partial charge in [-0.1, -0.05) is 13.8 Å². The highest BCUT2D eigenvalue weighted by molar-refractivity contribution is 5.67. The van der Waals surface area contributed by atoms with Crippen LogP contribution in [-0.2, 0) is 9.47 Å². The van der Waals surface area contributed by atoms with E-state index in [4.69, 9.17) is 20.9 Å². The van der Waals surface area contributed by atoms with Gasteiger partial charge in [-0.25, -0.2) is 9.59 Å². The van der Waals surface area contributed by atoms with Crippen LogP contribution in [0.15, 0.2) is 0 Å². The molecule has 0 aromatic heterocycles. The molecule has 0 aliphatic heterocycles. The van der Waals surface area contributed by atoms with Crippen LogP contribution >= 0.6 is 0 Å². The lowest BCUT2D eigenvalue weighted by Crippen LogP contribution is -2.49. The Morgan fingerprint density at radius 2 is 1.36 bits per heavy atom. The minimum absolute atomic E-state index is 0.172. The summed E-state index contributed by atoms with van der Waals surface area (Å²) in [5.41, 5.74) is 11.1. The van der Waals surface area contributed by atoms with E-state index < -0.39 is 17.7 Å². The monoisotopic (exact) mass is 318 g/mol. The van der Waals surface area contributed by atoms with E-state index in [2.05, 4.69) is 10.6 Å². The molecule has 130 valence electrons. The Kier molecular flexibility index (Phi) is 11.2. The fourth-order valence-electron chi connectivity index (χ4n) is 1.58. The average molecular weight is 318 g/mol. The lowest BCUT2D eigenvalue weighted by molar-refractivity contribution is 0.119. The van der Waals surface area contributed by atoms with Crippen molar-refractivity contribution < 1.29 is 19.1 Å². The van der Waals surface area contributed by atoms with Crippen molar-refractivity contribution >= 4 is 12.2 Å². The van der Waals surface area contributed by atoms with Crippen molar-refractivity contribution in [2.75, 3.05) is 32.8 Å². The second kappa shape index (κ2) is 12.0. The van der Waals surface area contributed by atoms with Gasteiger partial charge in [0.25, 0.3) is 0 Å². The fraction of sp³-hybridized carbons (Fsp3) is 0.857. The lowest BCUT2D eigenvalue weighted by Gasteiger charge is -2.27. The first-order valence-electron chi connectivity index (χ1n) is 7.77. The molecule has 0 radical (unpaired) electrons. The van der Waals surface area contributed by atoms with Gasteiger partial charge >= 0.3 is 12.2 Å². The number of alkyl carbamates (subject to hydrolysis) is 2. The second-order valence-electron chi connectivity index (χ2n) is 5.19. The average Bonchev–Trinajstić information content (AvgIpc) is 2.50. The summed E-state index contributed by atoms with van der Waals surface area (Å²) in [6.45, 7) is 5.62. The van der Waals surface area contributed by atoms with Crippen molar-refractivity contribution in [1.82, 2.24) is 10.6 Å². The van der Waals surface area contributed by atoms with Crippen LogP contribution in [0.2, 0.25) is 0 Å². The molecule has 0 aliphatic carbocycles. The predicted molar refractivity (Wildman–Crippen MR) is 84.5 cm³/mol. The summed E-state index contributed by atoms with van der Waals surface area (Å²) >= 11 is 0. The molecule has 0 aromatic carbocycles. The van der Waals surface area contributed by atoms with Crippen molar-refractivity contribution in [3.05, 3.63) is 0 Å². The van der Waals surface area contributed by atoms with Crippen molar-refractivity contribution in [3.63, 3.8) is 0 Å². The quantitative estimate of drug-likeness (QED) is 0.444. The van der Waals surface area contributed by atoms with Crippen LogP contribution in [0.4, 0.5) is 9.59 Å². The second-order valence-corrected chi connectivity index (χ2v) is 5.19. The molecular formula is C14H30N4O4. The Bertz CT molecular complexity index is 300. The van der Waals surface area contributed by atoms with E-state index in [1.54, 1.807) is 0 Å². The Morgan fingerprint density at radius 1 is 0.955 bits per heavy atom. The summed E-state index contributed by atoms with van der Waals surface area (Å²) in [7, 11) is 0.